The zero-order valence-corrected chi connectivity index (χ0v) is 16.4. The van der Waals surface area contributed by atoms with E-state index in [-0.39, 0.29) is 0 Å². The third-order valence-electron chi connectivity index (χ3n) is 5.83. The summed E-state index contributed by atoms with van der Waals surface area (Å²) in [6.07, 6.45) is 9.74. The molecule has 3 heterocycles. The van der Waals surface area contributed by atoms with Crippen molar-refractivity contribution in [2.45, 2.75) is 45.6 Å². The molecule has 0 spiro atoms. The summed E-state index contributed by atoms with van der Waals surface area (Å²) >= 11 is 0. The Labute approximate surface area is 162 Å². The molecule has 3 aromatic rings. The van der Waals surface area contributed by atoms with Crippen LogP contribution < -0.4 is 0 Å². The van der Waals surface area contributed by atoms with Crippen LogP contribution >= 0.6 is 0 Å². The summed E-state index contributed by atoms with van der Waals surface area (Å²) in [6.45, 7) is 6.81. The Morgan fingerprint density at radius 2 is 1.93 bits per heavy atom. The summed E-state index contributed by atoms with van der Waals surface area (Å²) in [7, 11) is 0. The first-order valence-electron chi connectivity index (χ1n) is 10.2. The molecule has 1 unspecified atom stereocenters. The second-order valence-electron chi connectivity index (χ2n) is 7.56. The van der Waals surface area contributed by atoms with Gasteiger partial charge in [-0.2, -0.15) is 5.10 Å². The first kappa shape index (κ1) is 18.0. The number of rotatable bonds is 5. The molecule has 1 aliphatic rings. The van der Waals surface area contributed by atoms with E-state index in [9.17, 15) is 0 Å². The Morgan fingerprint density at radius 1 is 1.11 bits per heavy atom. The minimum absolute atomic E-state index is 0.736. The number of aromatic nitrogens is 2. The Bertz CT molecular complexity index is 923. The minimum atomic E-state index is 0.736. The Hall–Kier alpha value is -2.39. The molecule has 1 aromatic carbocycles. The van der Waals surface area contributed by atoms with E-state index in [1.54, 1.807) is 0 Å². The lowest BCUT2D eigenvalue weighted by Gasteiger charge is -2.34. The minimum Gasteiger partial charge on any atom is -0.297 e. The molecule has 0 aliphatic carbocycles. The third-order valence-corrected chi connectivity index (χ3v) is 5.83. The van der Waals surface area contributed by atoms with Gasteiger partial charge in [0.15, 0.2) is 0 Å². The van der Waals surface area contributed by atoms with Gasteiger partial charge in [-0.15, -0.1) is 0 Å². The van der Waals surface area contributed by atoms with Crippen molar-refractivity contribution >= 4 is 11.1 Å². The summed E-state index contributed by atoms with van der Waals surface area (Å²) in [4.78, 5) is 2.65. The molecule has 3 heteroatoms. The summed E-state index contributed by atoms with van der Waals surface area (Å²) in [5, 5.41) is 4.89. The van der Waals surface area contributed by atoms with Crippen molar-refractivity contribution in [3.05, 3.63) is 66.4 Å². The van der Waals surface area contributed by atoms with Gasteiger partial charge >= 0.3 is 0 Å². The predicted molar refractivity (Wildman–Crippen MR) is 114 cm³/mol. The highest BCUT2D eigenvalue weighted by Gasteiger charge is 2.20. The van der Waals surface area contributed by atoms with E-state index in [0.29, 0.717) is 0 Å². The van der Waals surface area contributed by atoms with Gasteiger partial charge in [-0.3, -0.25) is 4.90 Å². The van der Waals surface area contributed by atoms with Crippen molar-refractivity contribution in [2.24, 2.45) is 0 Å². The SMILES string of the molecule is CCC1CCCCN1C/C=C(\C)c1c(-c2ccccc2)nn2ccccc12. The van der Waals surface area contributed by atoms with Crippen LogP contribution in [-0.2, 0) is 0 Å². The maximum atomic E-state index is 4.89. The lowest BCUT2D eigenvalue weighted by molar-refractivity contribution is 0.161. The van der Waals surface area contributed by atoms with Gasteiger partial charge in [0, 0.05) is 29.9 Å². The second-order valence-corrected chi connectivity index (χ2v) is 7.56. The normalized spacial score (nSPS) is 18.9. The van der Waals surface area contributed by atoms with Gasteiger partial charge in [0.2, 0.25) is 0 Å². The van der Waals surface area contributed by atoms with Crippen LogP contribution in [0.5, 0.6) is 0 Å². The van der Waals surface area contributed by atoms with Crippen molar-refractivity contribution in [1.29, 1.82) is 0 Å². The fourth-order valence-corrected chi connectivity index (χ4v) is 4.30. The number of likely N-dealkylation sites (tertiary alicyclic amines) is 1. The van der Waals surface area contributed by atoms with Crippen LogP contribution in [0.2, 0.25) is 0 Å². The van der Waals surface area contributed by atoms with Crippen molar-refractivity contribution in [3.63, 3.8) is 0 Å². The van der Waals surface area contributed by atoms with Crippen LogP contribution in [0.15, 0.2) is 60.8 Å². The number of pyridine rings is 1. The smallest absolute Gasteiger partial charge is 0.101 e. The van der Waals surface area contributed by atoms with Crippen molar-refractivity contribution in [3.8, 4) is 11.3 Å². The van der Waals surface area contributed by atoms with Crippen LogP contribution in [-0.4, -0.2) is 33.6 Å². The monoisotopic (exact) mass is 359 g/mol. The number of hydrogen-bond donors (Lipinski definition) is 0. The Kier molecular flexibility index (Phi) is 5.40. The van der Waals surface area contributed by atoms with Gasteiger partial charge < -0.3 is 0 Å². The lowest BCUT2D eigenvalue weighted by atomic mass is 9.98. The zero-order chi connectivity index (χ0) is 18.6. The van der Waals surface area contributed by atoms with E-state index < -0.39 is 0 Å². The maximum Gasteiger partial charge on any atom is 0.101 e. The number of fused-ring (bicyclic) bond motifs is 1. The number of allylic oxidation sites excluding steroid dienone is 1. The van der Waals surface area contributed by atoms with E-state index in [1.165, 1.54) is 54.4 Å². The van der Waals surface area contributed by atoms with Crippen LogP contribution in [0.4, 0.5) is 0 Å². The summed E-state index contributed by atoms with van der Waals surface area (Å²) < 4.78 is 2.00. The quantitative estimate of drug-likeness (QED) is 0.585. The van der Waals surface area contributed by atoms with Gasteiger partial charge in [-0.25, -0.2) is 4.52 Å². The van der Waals surface area contributed by atoms with E-state index in [0.717, 1.165) is 18.3 Å². The summed E-state index contributed by atoms with van der Waals surface area (Å²) in [5.41, 5.74) is 5.99. The Morgan fingerprint density at radius 3 is 2.74 bits per heavy atom. The molecule has 2 aromatic heterocycles. The van der Waals surface area contributed by atoms with Gasteiger partial charge in [-0.1, -0.05) is 55.8 Å². The molecule has 1 atom stereocenters. The molecular formula is C24H29N3. The van der Waals surface area contributed by atoms with E-state index in [2.05, 4.69) is 67.3 Å². The zero-order valence-electron chi connectivity index (χ0n) is 16.4. The van der Waals surface area contributed by atoms with Crippen molar-refractivity contribution in [2.75, 3.05) is 13.1 Å². The van der Waals surface area contributed by atoms with E-state index >= 15 is 0 Å². The highest BCUT2D eigenvalue weighted by atomic mass is 15.2. The number of nitrogens with zero attached hydrogens (tertiary/aromatic N) is 3. The van der Waals surface area contributed by atoms with Crippen molar-refractivity contribution < 1.29 is 0 Å². The highest BCUT2D eigenvalue weighted by molar-refractivity contribution is 5.88. The number of hydrogen-bond acceptors (Lipinski definition) is 2. The van der Waals surface area contributed by atoms with Gasteiger partial charge in [-0.05, 0) is 50.4 Å². The largest absolute Gasteiger partial charge is 0.297 e. The molecule has 140 valence electrons. The Balaban J connectivity index is 1.71. The first-order valence-corrected chi connectivity index (χ1v) is 10.2. The number of benzene rings is 1. The highest BCUT2D eigenvalue weighted by Crippen LogP contribution is 2.32. The van der Waals surface area contributed by atoms with Crippen LogP contribution in [0.1, 0.15) is 45.1 Å². The molecular weight excluding hydrogens is 330 g/mol. The molecule has 0 amide bonds. The molecule has 1 aliphatic heterocycles. The third kappa shape index (κ3) is 3.70. The molecule has 1 saturated heterocycles. The van der Waals surface area contributed by atoms with Crippen LogP contribution in [0.3, 0.4) is 0 Å². The molecule has 1 fully saturated rings. The standard InChI is InChI=1S/C24H29N3/c1-3-21-13-7-9-16-26(21)18-15-19(2)23-22-14-8-10-17-27(22)25-24(23)20-11-5-4-6-12-20/h4-6,8,10-12,14-15,17,21H,3,7,9,13,16,18H2,1-2H3/b19-15+. The molecule has 0 saturated carbocycles. The molecule has 0 bridgehead atoms. The second kappa shape index (κ2) is 8.10. The van der Waals surface area contributed by atoms with E-state index in [1.807, 2.05) is 16.8 Å². The first-order chi connectivity index (χ1) is 13.3. The maximum absolute atomic E-state index is 4.89. The molecule has 3 nitrogen and oxygen atoms in total. The van der Waals surface area contributed by atoms with Crippen LogP contribution in [0.25, 0.3) is 22.3 Å². The fraction of sp³-hybridized carbons (Fsp3) is 0.375. The van der Waals surface area contributed by atoms with Gasteiger partial charge in [0.25, 0.3) is 0 Å². The van der Waals surface area contributed by atoms with Crippen LogP contribution in [0, 0.1) is 0 Å². The molecule has 4 rings (SSSR count). The number of piperidine rings is 1. The molecule has 0 N–H and O–H groups in total. The molecule has 27 heavy (non-hydrogen) atoms. The van der Waals surface area contributed by atoms with Crippen molar-refractivity contribution in [1.82, 2.24) is 14.5 Å². The summed E-state index contributed by atoms with van der Waals surface area (Å²) in [5.74, 6) is 0. The average Bonchev–Trinajstić information content (AvgIpc) is 3.12. The van der Waals surface area contributed by atoms with Gasteiger partial charge in [0.05, 0.1) is 5.52 Å². The van der Waals surface area contributed by atoms with E-state index in [4.69, 9.17) is 5.10 Å². The predicted octanol–water partition coefficient (Wildman–Crippen LogP) is 5.67. The average molecular weight is 360 g/mol. The van der Waals surface area contributed by atoms with Gasteiger partial charge in [0.1, 0.15) is 5.69 Å². The lowest BCUT2D eigenvalue weighted by Crippen LogP contribution is -2.39. The summed E-state index contributed by atoms with van der Waals surface area (Å²) in [6, 6.07) is 17.6. The molecule has 0 radical (unpaired) electrons. The fourth-order valence-electron chi connectivity index (χ4n) is 4.30. The topological polar surface area (TPSA) is 20.5 Å².